The average Bonchev–Trinajstić information content (AvgIpc) is 2.63. The Morgan fingerprint density at radius 2 is 2.29 bits per heavy atom. The van der Waals surface area contributed by atoms with Crippen LogP contribution in [0.4, 0.5) is 5.13 Å². The summed E-state index contributed by atoms with van der Waals surface area (Å²) in [6.07, 6.45) is 2.23. The number of hydrogen-bond acceptors (Lipinski definition) is 5. The molecule has 1 rings (SSSR count). The van der Waals surface area contributed by atoms with E-state index in [9.17, 15) is 4.79 Å². The van der Waals surface area contributed by atoms with Gasteiger partial charge in [-0.25, -0.2) is 4.98 Å². The number of nitrogens with one attached hydrogen (secondary N) is 1. The lowest BCUT2D eigenvalue weighted by atomic mass is 10.3. The highest BCUT2D eigenvalue weighted by atomic mass is 32.1. The molecule has 1 aromatic heterocycles. The Morgan fingerprint density at radius 1 is 1.53 bits per heavy atom. The first-order valence-corrected chi connectivity index (χ1v) is 6.50. The summed E-state index contributed by atoms with van der Waals surface area (Å²) in [6.45, 7) is 1.97. The summed E-state index contributed by atoms with van der Waals surface area (Å²) in [5.41, 5.74) is 0.623. The predicted octanol–water partition coefficient (Wildman–Crippen LogP) is 1.52. The van der Waals surface area contributed by atoms with Crippen LogP contribution in [0.3, 0.4) is 0 Å². The van der Waals surface area contributed by atoms with E-state index < -0.39 is 5.97 Å². The van der Waals surface area contributed by atoms with Crippen molar-refractivity contribution in [2.75, 3.05) is 32.5 Å². The van der Waals surface area contributed by atoms with Gasteiger partial charge in [-0.15, -0.1) is 11.3 Å². The Balaban J connectivity index is 2.18. The molecule has 17 heavy (non-hydrogen) atoms. The maximum atomic E-state index is 10.5. The topological polar surface area (TPSA) is 65.5 Å². The van der Waals surface area contributed by atoms with Gasteiger partial charge in [0.2, 0.25) is 0 Å². The summed E-state index contributed by atoms with van der Waals surface area (Å²) in [6, 6.07) is 0. The van der Waals surface area contributed by atoms with Crippen molar-refractivity contribution in [3.8, 4) is 0 Å². The monoisotopic (exact) mass is 257 g/mol. The Labute approximate surface area is 105 Å². The van der Waals surface area contributed by atoms with Crippen molar-refractivity contribution in [1.29, 1.82) is 0 Å². The third kappa shape index (κ3) is 6.23. The standard InChI is InChI=1S/C11H19N3O2S/c1-14(2)6-4-3-5-12-11-13-9(8-17-11)7-10(15)16/h8H,3-7H2,1-2H3,(H,12,13)(H,15,16). The maximum Gasteiger partial charge on any atom is 0.309 e. The summed E-state index contributed by atoms with van der Waals surface area (Å²) in [7, 11) is 4.12. The van der Waals surface area contributed by atoms with Gasteiger partial charge in [0.1, 0.15) is 0 Å². The Hall–Kier alpha value is -1.14. The van der Waals surface area contributed by atoms with Gasteiger partial charge < -0.3 is 15.3 Å². The molecule has 0 fully saturated rings. The Bertz CT molecular complexity index is 352. The van der Waals surface area contributed by atoms with E-state index >= 15 is 0 Å². The molecule has 0 aliphatic carbocycles. The molecule has 0 aromatic carbocycles. The average molecular weight is 257 g/mol. The Morgan fingerprint density at radius 3 is 2.94 bits per heavy atom. The van der Waals surface area contributed by atoms with Gasteiger partial charge in [0.05, 0.1) is 12.1 Å². The van der Waals surface area contributed by atoms with E-state index in [0.717, 1.165) is 31.1 Å². The molecule has 0 saturated heterocycles. The molecule has 0 unspecified atom stereocenters. The van der Waals surface area contributed by atoms with Gasteiger partial charge in [0, 0.05) is 11.9 Å². The van der Waals surface area contributed by atoms with Crippen LogP contribution in [0.25, 0.3) is 0 Å². The fourth-order valence-electron chi connectivity index (χ4n) is 1.37. The predicted molar refractivity (Wildman–Crippen MR) is 69.7 cm³/mol. The molecule has 0 saturated carbocycles. The summed E-state index contributed by atoms with van der Waals surface area (Å²) < 4.78 is 0. The van der Waals surface area contributed by atoms with E-state index in [1.807, 2.05) is 0 Å². The van der Waals surface area contributed by atoms with Crippen LogP contribution in [0.1, 0.15) is 18.5 Å². The maximum absolute atomic E-state index is 10.5. The van der Waals surface area contributed by atoms with Crippen LogP contribution in [-0.2, 0) is 11.2 Å². The second-order valence-corrected chi connectivity index (χ2v) is 5.01. The zero-order valence-corrected chi connectivity index (χ0v) is 11.1. The third-order valence-corrected chi connectivity index (χ3v) is 3.04. The molecule has 0 aliphatic heterocycles. The van der Waals surface area contributed by atoms with Crippen LogP contribution in [0.15, 0.2) is 5.38 Å². The van der Waals surface area contributed by atoms with Crippen molar-refractivity contribution >= 4 is 22.4 Å². The van der Waals surface area contributed by atoms with Crippen LogP contribution >= 0.6 is 11.3 Å². The SMILES string of the molecule is CN(C)CCCCNc1nc(CC(=O)O)cs1. The number of carbonyl (C=O) groups is 1. The van der Waals surface area contributed by atoms with Crippen LogP contribution in [-0.4, -0.2) is 48.1 Å². The second-order valence-electron chi connectivity index (χ2n) is 4.15. The molecule has 1 aromatic rings. The summed E-state index contributed by atoms with van der Waals surface area (Å²) in [5, 5.41) is 14.4. The molecule has 0 bridgehead atoms. The van der Waals surface area contributed by atoms with Gasteiger partial charge in [-0.05, 0) is 33.5 Å². The van der Waals surface area contributed by atoms with Gasteiger partial charge in [0.15, 0.2) is 5.13 Å². The van der Waals surface area contributed by atoms with E-state index in [4.69, 9.17) is 5.11 Å². The highest BCUT2D eigenvalue weighted by Gasteiger charge is 2.05. The molecular weight excluding hydrogens is 238 g/mol. The Kier molecular flexibility index (Phi) is 5.93. The molecule has 0 amide bonds. The minimum absolute atomic E-state index is 0.00118. The lowest BCUT2D eigenvalue weighted by Gasteiger charge is -2.08. The highest BCUT2D eigenvalue weighted by molar-refractivity contribution is 7.13. The zero-order valence-electron chi connectivity index (χ0n) is 10.3. The molecule has 0 radical (unpaired) electrons. The lowest BCUT2D eigenvalue weighted by Crippen LogP contribution is -2.14. The number of nitrogens with zero attached hydrogens (tertiary/aromatic N) is 2. The van der Waals surface area contributed by atoms with Crippen molar-refractivity contribution in [2.45, 2.75) is 19.3 Å². The number of aromatic nitrogens is 1. The van der Waals surface area contributed by atoms with E-state index in [2.05, 4.69) is 29.3 Å². The van der Waals surface area contributed by atoms with Crippen LogP contribution in [0, 0.1) is 0 Å². The van der Waals surface area contributed by atoms with Crippen molar-refractivity contribution < 1.29 is 9.90 Å². The van der Waals surface area contributed by atoms with Crippen molar-refractivity contribution in [3.63, 3.8) is 0 Å². The summed E-state index contributed by atoms with van der Waals surface area (Å²) >= 11 is 1.46. The molecule has 2 N–H and O–H groups in total. The highest BCUT2D eigenvalue weighted by Crippen LogP contribution is 2.15. The number of carboxylic acids is 1. The fourth-order valence-corrected chi connectivity index (χ4v) is 2.11. The van der Waals surface area contributed by atoms with Gasteiger partial charge in [-0.3, -0.25) is 4.79 Å². The molecular formula is C11H19N3O2S. The molecule has 0 aliphatic rings. The molecule has 0 atom stereocenters. The van der Waals surface area contributed by atoms with E-state index in [0.29, 0.717) is 5.69 Å². The minimum Gasteiger partial charge on any atom is -0.481 e. The quantitative estimate of drug-likeness (QED) is 0.691. The number of rotatable bonds is 8. The van der Waals surface area contributed by atoms with E-state index in [1.54, 1.807) is 5.38 Å². The number of carboxylic acid groups (broad SMARTS) is 1. The first-order chi connectivity index (χ1) is 8.08. The molecule has 96 valence electrons. The van der Waals surface area contributed by atoms with Gasteiger partial charge in [-0.1, -0.05) is 0 Å². The summed E-state index contributed by atoms with van der Waals surface area (Å²) in [4.78, 5) is 16.8. The first-order valence-electron chi connectivity index (χ1n) is 5.62. The molecule has 1 heterocycles. The molecule has 0 spiro atoms. The first kappa shape index (κ1) is 13.9. The minimum atomic E-state index is -0.840. The van der Waals surface area contributed by atoms with Crippen molar-refractivity contribution in [1.82, 2.24) is 9.88 Å². The number of anilines is 1. The fraction of sp³-hybridized carbons (Fsp3) is 0.636. The van der Waals surface area contributed by atoms with Gasteiger partial charge in [-0.2, -0.15) is 0 Å². The number of aliphatic carboxylic acids is 1. The largest absolute Gasteiger partial charge is 0.481 e. The zero-order chi connectivity index (χ0) is 12.7. The van der Waals surface area contributed by atoms with Crippen LogP contribution in [0.5, 0.6) is 0 Å². The normalized spacial score (nSPS) is 10.8. The number of hydrogen-bond donors (Lipinski definition) is 2. The summed E-state index contributed by atoms with van der Waals surface area (Å²) in [5.74, 6) is -0.840. The number of thiazole rings is 1. The van der Waals surface area contributed by atoms with Gasteiger partial charge >= 0.3 is 5.97 Å². The van der Waals surface area contributed by atoms with Crippen LogP contribution in [0.2, 0.25) is 0 Å². The van der Waals surface area contributed by atoms with Crippen molar-refractivity contribution in [2.24, 2.45) is 0 Å². The third-order valence-electron chi connectivity index (χ3n) is 2.19. The second kappa shape index (κ2) is 7.24. The van der Waals surface area contributed by atoms with Gasteiger partial charge in [0.25, 0.3) is 0 Å². The lowest BCUT2D eigenvalue weighted by molar-refractivity contribution is -0.136. The number of unbranched alkanes of at least 4 members (excludes halogenated alkanes) is 1. The smallest absolute Gasteiger partial charge is 0.309 e. The molecule has 6 heteroatoms. The van der Waals surface area contributed by atoms with Crippen LogP contribution < -0.4 is 5.32 Å². The van der Waals surface area contributed by atoms with E-state index in [-0.39, 0.29) is 6.42 Å². The van der Waals surface area contributed by atoms with E-state index in [1.165, 1.54) is 11.3 Å². The molecule has 5 nitrogen and oxygen atoms in total. The van der Waals surface area contributed by atoms with Crippen molar-refractivity contribution in [3.05, 3.63) is 11.1 Å².